The first-order chi connectivity index (χ1) is 11.1. The van der Waals surface area contributed by atoms with Crippen molar-refractivity contribution in [1.82, 2.24) is 14.4 Å². The summed E-state index contributed by atoms with van der Waals surface area (Å²) in [5.41, 5.74) is 3.44. The van der Waals surface area contributed by atoms with E-state index in [4.69, 9.17) is 0 Å². The van der Waals surface area contributed by atoms with Gasteiger partial charge in [-0.3, -0.25) is 9.59 Å². The Labute approximate surface area is 145 Å². The highest BCUT2D eigenvalue weighted by Crippen LogP contribution is 2.21. The van der Waals surface area contributed by atoms with Crippen LogP contribution in [0.5, 0.6) is 0 Å². The smallest absolute Gasteiger partial charge is 0.227 e. The van der Waals surface area contributed by atoms with Gasteiger partial charge >= 0.3 is 0 Å². The molecule has 0 spiro atoms. The van der Waals surface area contributed by atoms with Crippen LogP contribution in [0.15, 0.2) is 6.07 Å². The summed E-state index contributed by atoms with van der Waals surface area (Å²) < 4.78 is 2.12. The SMILES string of the molecule is Cc1cc(CC(=O)N2CCN(C(=O)CC(C)(C)C)CC2)c(C)n1C. The normalized spacial score (nSPS) is 15.8. The lowest BCUT2D eigenvalue weighted by Crippen LogP contribution is -2.51. The van der Waals surface area contributed by atoms with Crippen molar-refractivity contribution >= 4 is 11.8 Å². The summed E-state index contributed by atoms with van der Waals surface area (Å²) >= 11 is 0. The second kappa shape index (κ2) is 6.99. The summed E-state index contributed by atoms with van der Waals surface area (Å²) in [6.07, 6.45) is 1.01. The highest BCUT2D eigenvalue weighted by atomic mass is 16.2. The summed E-state index contributed by atoms with van der Waals surface area (Å²) in [6, 6.07) is 2.09. The highest BCUT2D eigenvalue weighted by molar-refractivity contribution is 5.80. The molecule has 1 aromatic rings. The van der Waals surface area contributed by atoms with E-state index >= 15 is 0 Å². The lowest BCUT2D eigenvalue weighted by Gasteiger charge is -2.36. The second-order valence-corrected chi connectivity index (χ2v) is 8.13. The lowest BCUT2D eigenvalue weighted by atomic mass is 9.91. The van der Waals surface area contributed by atoms with Gasteiger partial charge in [-0.25, -0.2) is 0 Å². The topological polar surface area (TPSA) is 45.6 Å². The first-order valence-corrected chi connectivity index (χ1v) is 8.76. The number of hydrogen-bond donors (Lipinski definition) is 0. The van der Waals surface area contributed by atoms with Crippen LogP contribution in [0.4, 0.5) is 0 Å². The minimum atomic E-state index is 0.00668. The van der Waals surface area contributed by atoms with Gasteiger partial charge in [-0.15, -0.1) is 0 Å². The Morgan fingerprint density at radius 1 is 1.00 bits per heavy atom. The number of carbonyl (C=O) groups is 2. The molecule has 0 aromatic carbocycles. The lowest BCUT2D eigenvalue weighted by molar-refractivity contribution is -0.140. The van der Waals surface area contributed by atoms with Crippen LogP contribution in [0.1, 0.15) is 44.1 Å². The predicted molar refractivity (Wildman–Crippen MR) is 95.8 cm³/mol. The minimum Gasteiger partial charge on any atom is -0.352 e. The molecule has 0 saturated carbocycles. The molecule has 0 aliphatic carbocycles. The fraction of sp³-hybridized carbons (Fsp3) is 0.684. The maximum Gasteiger partial charge on any atom is 0.227 e. The van der Waals surface area contributed by atoms with Crippen molar-refractivity contribution in [2.24, 2.45) is 12.5 Å². The predicted octanol–water partition coefficient (Wildman–Crippen LogP) is 2.29. The Balaban J connectivity index is 1.89. The van der Waals surface area contributed by atoms with E-state index in [9.17, 15) is 9.59 Å². The molecule has 1 aliphatic rings. The van der Waals surface area contributed by atoms with Gasteiger partial charge in [-0.2, -0.15) is 0 Å². The molecule has 134 valence electrons. The molecule has 0 unspecified atom stereocenters. The summed E-state index contributed by atoms with van der Waals surface area (Å²) in [5.74, 6) is 0.357. The van der Waals surface area contributed by atoms with Crippen LogP contribution in [0.2, 0.25) is 0 Å². The summed E-state index contributed by atoms with van der Waals surface area (Å²) in [7, 11) is 2.03. The molecule has 1 aliphatic heterocycles. The fourth-order valence-corrected chi connectivity index (χ4v) is 3.16. The van der Waals surface area contributed by atoms with Crippen LogP contribution < -0.4 is 0 Å². The molecule has 0 N–H and O–H groups in total. The molecule has 2 heterocycles. The highest BCUT2D eigenvalue weighted by Gasteiger charge is 2.27. The monoisotopic (exact) mass is 333 g/mol. The largest absolute Gasteiger partial charge is 0.352 e. The average Bonchev–Trinajstić information content (AvgIpc) is 2.73. The molecule has 1 saturated heterocycles. The second-order valence-electron chi connectivity index (χ2n) is 8.13. The molecule has 5 heteroatoms. The van der Waals surface area contributed by atoms with E-state index in [1.165, 1.54) is 5.69 Å². The molecule has 1 aromatic heterocycles. The number of piperazine rings is 1. The van der Waals surface area contributed by atoms with E-state index < -0.39 is 0 Å². The standard InChI is InChI=1S/C19H31N3O2/c1-14-11-16(15(2)20(14)6)12-17(23)21-7-9-22(10-8-21)18(24)13-19(3,4)5/h11H,7-10,12-13H2,1-6H3. The zero-order chi connectivity index (χ0) is 18.1. The minimum absolute atomic E-state index is 0.00668. The molecule has 2 amide bonds. The third kappa shape index (κ3) is 4.40. The summed E-state index contributed by atoms with van der Waals surface area (Å²) in [5, 5.41) is 0. The maximum atomic E-state index is 12.6. The van der Waals surface area contributed by atoms with E-state index in [-0.39, 0.29) is 17.2 Å². The van der Waals surface area contributed by atoms with Gasteiger partial charge in [0, 0.05) is 51.0 Å². The quantitative estimate of drug-likeness (QED) is 0.852. The number of carbonyl (C=O) groups excluding carboxylic acids is 2. The molecule has 24 heavy (non-hydrogen) atoms. The van der Waals surface area contributed by atoms with Crippen LogP contribution in [-0.4, -0.2) is 52.4 Å². The molecule has 0 atom stereocenters. The van der Waals surface area contributed by atoms with E-state index in [1.807, 2.05) is 16.8 Å². The van der Waals surface area contributed by atoms with Gasteiger partial charge in [0.25, 0.3) is 0 Å². The molecule has 0 radical (unpaired) electrons. The number of rotatable bonds is 3. The van der Waals surface area contributed by atoms with Gasteiger partial charge in [0.05, 0.1) is 6.42 Å². The van der Waals surface area contributed by atoms with E-state index in [1.54, 1.807) is 0 Å². The van der Waals surface area contributed by atoms with Gasteiger partial charge in [0.15, 0.2) is 0 Å². The Morgan fingerprint density at radius 2 is 1.50 bits per heavy atom. The third-order valence-electron chi connectivity index (χ3n) is 4.89. The first-order valence-electron chi connectivity index (χ1n) is 8.76. The molecule has 5 nitrogen and oxygen atoms in total. The van der Waals surface area contributed by atoms with Crippen LogP contribution in [0.3, 0.4) is 0 Å². The van der Waals surface area contributed by atoms with Crippen molar-refractivity contribution in [2.75, 3.05) is 26.2 Å². The average molecular weight is 333 g/mol. The van der Waals surface area contributed by atoms with Crippen molar-refractivity contribution in [3.05, 3.63) is 23.0 Å². The van der Waals surface area contributed by atoms with Crippen molar-refractivity contribution in [2.45, 2.75) is 47.5 Å². The number of amides is 2. The number of hydrogen-bond acceptors (Lipinski definition) is 2. The molecular weight excluding hydrogens is 302 g/mol. The summed E-state index contributed by atoms with van der Waals surface area (Å²) in [4.78, 5) is 28.6. The van der Waals surface area contributed by atoms with Crippen LogP contribution in [0.25, 0.3) is 0 Å². The fourth-order valence-electron chi connectivity index (χ4n) is 3.16. The number of aromatic nitrogens is 1. The van der Waals surface area contributed by atoms with E-state index in [2.05, 4.69) is 45.3 Å². The van der Waals surface area contributed by atoms with Crippen LogP contribution >= 0.6 is 0 Å². The van der Waals surface area contributed by atoms with Crippen LogP contribution in [-0.2, 0) is 23.1 Å². The van der Waals surface area contributed by atoms with E-state index in [0.717, 1.165) is 11.3 Å². The molecule has 2 rings (SSSR count). The maximum absolute atomic E-state index is 12.6. The van der Waals surface area contributed by atoms with Gasteiger partial charge < -0.3 is 14.4 Å². The molecular formula is C19H31N3O2. The van der Waals surface area contributed by atoms with Crippen LogP contribution in [0, 0.1) is 19.3 Å². The van der Waals surface area contributed by atoms with Crippen molar-refractivity contribution in [1.29, 1.82) is 0 Å². The summed E-state index contributed by atoms with van der Waals surface area (Å²) in [6.45, 7) is 12.9. The van der Waals surface area contributed by atoms with E-state index in [0.29, 0.717) is 39.0 Å². The molecule has 0 bridgehead atoms. The van der Waals surface area contributed by atoms with Crippen molar-refractivity contribution < 1.29 is 9.59 Å². The van der Waals surface area contributed by atoms with Gasteiger partial charge in [-0.05, 0) is 30.9 Å². The Kier molecular flexibility index (Phi) is 5.41. The third-order valence-corrected chi connectivity index (χ3v) is 4.89. The van der Waals surface area contributed by atoms with Crippen molar-refractivity contribution in [3.63, 3.8) is 0 Å². The zero-order valence-electron chi connectivity index (χ0n) is 16.0. The number of nitrogens with zero attached hydrogens (tertiary/aromatic N) is 3. The van der Waals surface area contributed by atoms with Gasteiger partial charge in [0.1, 0.15) is 0 Å². The Morgan fingerprint density at radius 3 is 1.92 bits per heavy atom. The Hall–Kier alpha value is -1.78. The molecule has 1 fully saturated rings. The van der Waals surface area contributed by atoms with Gasteiger partial charge in [0.2, 0.25) is 11.8 Å². The zero-order valence-corrected chi connectivity index (χ0v) is 16.0. The van der Waals surface area contributed by atoms with Crippen molar-refractivity contribution in [3.8, 4) is 0 Å². The Bertz CT molecular complexity index is 617. The van der Waals surface area contributed by atoms with Gasteiger partial charge in [-0.1, -0.05) is 20.8 Å². The number of aryl methyl sites for hydroxylation is 1. The first kappa shape index (κ1) is 18.6.